The van der Waals surface area contributed by atoms with E-state index in [0.29, 0.717) is 21.2 Å². The number of halogens is 2. The van der Waals surface area contributed by atoms with Gasteiger partial charge in [0.25, 0.3) is 5.91 Å². The summed E-state index contributed by atoms with van der Waals surface area (Å²) in [5.74, 6) is -0.0104. The Morgan fingerprint density at radius 3 is 2.84 bits per heavy atom. The molecule has 1 saturated heterocycles. The Kier molecular flexibility index (Phi) is 6.99. The molecule has 1 aliphatic rings. The standard InChI is InChI=1S/C22H25ClFN5OS/c1-2-3-8-29-9-6-14(7-10-29)28-21(30)19-12-16-20(25-13-26-22(16)31-19)27-15-4-5-18(24)17(23)11-15/h4-5,11-14H,2-3,6-10H2,1H3,(H,28,30)(H,25,26,27). The van der Waals surface area contributed by atoms with Gasteiger partial charge in [0.05, 0.1) is 15.3 Å². The number of hydrogen-bond donors (Lipinski definition) is 2. The van der Waals surface area contributed by atoms with Crippen molar-refractivity contribution in [1.29, 1.82) is 0 Å². The summed E-state index contributed by atoms with van der Waals surface area (Å²) in [6.07, 6.45) is 5.81. The topological polar surface area (TPSA) is 70.2 Å². The lowest BCUT2D eigenvalue weighted by molar-refractivity contribution is 0.0915. The van der Waals surface area contributed by atoms with Gasteiger partial charge >= 0.3 is 0 Å². The first-order chi connectivity index (χ1) is 15.0. The number of amides is 1. The number of benzene rings is 1. The van der Waals surface area contributed by atoms with Gasteiger partial charge in [-0.25, -0.2) is 14.4 Å². The minimum atomic E-state index is -0.481. The van der Waals surface area contributed by atoms with Crippen LogP contribution in [0.5, 0.6) is 0 Å². The first-order valence-electron chi connectivity index (χ1n) is 10.5. The van der Waals surface area contributed by atoms with Crippen molar-refractivity contribution < 1.29 is 9.18 Å². The van der Waals surface area contributed by atoms with Gasteiger partial charge in [-0.1, -0.05) is 24.9 Å². The molecular formula is C22H25ClFN5OS. The van der Waals surface area contributed by atoms with Crippen LogP contribution in [0.3, 0.4) is 0 Å². The quantitative estimate of drug-likeness (QED) is 0.504. The molecule has 0 unspecified atom stereocenters. The molecule has 3 heterocycles. The largest absolute Gasteiger partial charge is 0.349 e. The number of thiophene rings is 1. The molecule has 2 N–H and O–H groups in total. The van der Waals surface area contributed by atoms with Crippen LogP contribution in [0.2, 0.25) is 5.02 Å². The number of nitrogens with one attached hydrogen (secondary N) is 2. The van der Waals surface area contributed by atoms with E-state index in [-0.39, 0.29) is 17.0 Å². The summed E-state index contributed by atoms with van der Waals surface area (Å²) in [5, 5.41) is 7.08. The van der Waals surface area contributed by atoms with Crippen LogP contribution in [-0.2, 0) is 0 Å². The predicted octanol–water partition coefficient (Wildman–Crippen LogP) is 5.22. The van der Waals surface area contributed by atoms with Gasteiger partial charge in [-0.15, -0.1) is 11.3 Å². The van der Waals surface area contributed by atoms with Crippen molar-refractivity contribution in [3.8, 4) is 0 Å². The van der Waals surface area contributed by atoms with Gasteiger partial charge in [0.2, 0.25) is 0 Å². The van der Waals surface area contributed by atoms with E-state index in [9.17, 15) is 9.18 Å². The lowest BCUT2D eigenvalue weighted by Crippen LogP contribution is -2.44. The smallest absolute Gasteiger partial charge is 0.261 e. The second-order valence-corrected chi connectivity index (χ2v) is 9.19. The van der Waals surface area contributed by atoms with Crippen LogP contribution >= 0.6 is 22.9 Å². The summed E-state index contributed by atoms with van der Waals surface area (Å²) in [6.45, 7) is 5.40. The SMILES string of the molecule is CCCCN1CCC(NC(=O)c2cc3c(Nc4ccc(F)c(Cl)c4)ncnc3s2)CC1. The molecule has 4 rings (SSSR count). The highest BCUT2D eigenvalue weighted by molar-refractivity contribution is 7.20. The molecule has 164 valence electrons. The maximum Gasteiger partial charge on any atom is 0.261 e. The maximum atomic E-state index is 13.4. The summed E-state index contributed by atoms with van der Waals surface area (Å²) in [7, 11) is 0. The monoisotopic (exact) mass is 461 g/mol. The number of unbranched alkanes of at least 4 members (excludes halogenated alkanes) is 1. The molecule has 0 bridgehead atoms. The van der Waals surface area contributed by atoms with Crippen molar-refractivity contribution in [3.05, 3.63) is 46.3 Å². The van der Waals surface area contributed by atoms with E-state index in [1.807, 2.05) is 0 Å². The third-order valence-electron chi connectivity index (χ3n) is 5.49. The molecule has 0 atom stereocenters. The number of anilines is 2. The zero-order valence-electron chi connectivity index (χ0n) is 17.3. The van der Waals surface area contributed by atoms with Crippen LogP contribution in [-0.4, -0.2) is 46.5 Å². The number of fused-ring (bicyclic) bond motifs is 1. The van der Waals surface area contributed by atoms with Crippen molar-refractivity contribution in [3.63, 3.8) is 0 Å². The van der Waals surface area contributed by atoms with Crippen molar-refractivity contribution in [2.75, 3.05) is 25.0 Å². The number of carbonyl (C=O) groups excluding carboxylic acids is 1. The number of hydrogen-bond acceptors (Lipinski definition) is 6. The normalized spacial score (nSPS) is 15.3. The third kappa shape index (κ3) is 5.31. The van der Waals surface area contributed by atoms with E-state index in [4.69, 9.17) is 11.6 Å². The van der Waals surface area contributed by atoms with E-state index in [0.717, 1.165) is 37.9 Å². The Morgan fingerprint density at radius 2 is 2.10 bits per heavy atom. The molecule has 0 aliphatic carbocycles. The summed E-state index contributed by atoms with van der Waals surface area (Å²) < 4.78 is 13.4. The Morgan fingerprint density at radius 1 is 1.29 bits per heavy atom. The van der Waals surface area contributed by atoms with Crippen molar-refractivity contribution >= 4 is 50.6 Å². The molecule has 1 amide bonds. The van der Waals surface area contributed by atoms with Crippen LogP contribution in [0.4, 0.5) is 15.9 Å². The Labute approximate surface area is 189 Å². The molecule has 3 aromatic rings. The fourth-order valence-electron chi connectivity index (χ4n) is 3.72. The van der Waals surface area contributed by atoms with Gasteiger partial charge in [0.15, 0.2) is 0 Å². The fraction of sp³-hybridized carbons (Fsp3) is 0.409. The molecule has 31 heavy (non-hydrogen) atoms. The predicted molar refractivity (Wildman–Crippen MR) is 124 cm³/mol. The molecule has 9 heteroatoms. The molecule has 0 spiro atoms. The minimum Gasteiger partial charge on any atom is -0.349 e. The van der Waals surface area contributed by atoms with E-state index in [2.05, 4.69) is 32.4 Å². The molecule has 6 nitrogen and oxygen atoms in total. The first-order valence-corrected chi connectivity index (χ1v) is 11.7. The number of aromatic nitrogens is 2. The Bertz CT molecular complexity index is 1070. The van der Waals surface area contributed by atoms with Crippen molar-refractivity contribution in [2.45, 2.75) is 38.6 Å². The third-order valence-corrected chi connectivity index (χ3v) is 6.82. The van der Waals surface area contributed by atoms with E-state index in [1.165, 1.54) is 42.6 Å². The zero-order valence-corrected chi connectivity index (χ0v) is 18.9. The zero-order chi connectivity index (χ0) is 21.8. The molecular weight excluding hydrogens is 437 g/mol. The summed E-state index contributed by atoms with van der Waals surface area (Å²) >= 11 is 7.21. The van der Waals surface area contributed by atoms with Crippen molar-refractivity contribution in [1.82, 2.24) is 20.2 Å². The second kappa shape index (κ2) is 9.89. The lowest BCUT2D eigenvalue weighted by Gasteiger charge is -2.32. The van der Waals surface area contributed by atoms with Gasteiger partial charge < -0.3 is 15.5 Å². The van der Waals surface area contributed by atoms with Gasteiger partial charge in [0.1, 0.15) is 22.8 Å². The Balaban J connectivity index is 1.44. The van der Waals surface area contributed by atoms with Gasteiger partial charge in [-0.2, -0.15) is 0 Å². The average Bonchev–Trinajstić information content (AvgIpc) is 3.21. The van der Waals surface area contributed by atoms with Crippen LogP contribution in [0, 0.1) is 5.82 Å². The Hall–Kier alpha value is -2.29. The van der Waals surface area contributed by atoms with Gasteiger partial charge in [-0.3, -0.25) is 4.79 Å². The molecule has 1 fully saturated rings. The van der Waals surface area contributed by atoms with Crippen molar-refractivity contribution in [2.24, 2.45) is 0 Å². The fourth-order valence-corrected chi connectivity index (χ4v) is 4.80. The second-order valence-electron chi connectivity index (χ2n) is 7.75. The molecule has 1 aromatic carbocycles. The van der Waals surface area contributed by atoms with Crippen LogP contribution in [0.25, 0.3) is 10.2 Å². The number of likely N-dealkylation sites (tertiary alicyclic amines) is 1. The molecule has 0 saturated carbocycles. The minimum absolute atomic E-state index is 0.0291. The van der Waals surface area contributed by atoms with Crippen LogP contribution < -0.4 is 10.6 Å². The summed E-state index contributed by atoms with van der Waals surface area (Å²) in [5.41, 5.74) is 0.610. The first kappa shape index (κ1) is 21.9. The molecule has 2 aromatic heterocycles. The maximum absolute atomic E-state index is 13.4. The van der Waals surface area contributed by atoms with E-state index < -0.39 is 5.82 Å². The average molecular weight is 462 g/mol. The number of piperidine rings is 1. The highest BCUT2D eigenvalue weighted by Gasteiger charge is 2.22. The summed E-state index contributed by atoms with van der Waals surface area (Å²) in [4.78, 5) is 25.2. The van der Waals surface area contributed by atoms with Crippen LogP contribution in [0.15, 0.2) is 30.6 Å². The summed E-state index contributed by atoms with van der Waals surface area (Å²) in [6, 6.07) is 6.38. The molecule has 1 aliphatic heterocycles. The van der Waals surface area contributed by atoms with Crippen LogP contribution in [0.1, 0.15) is 42.3 Å². The van der Waals surface area contributed by atoms with E-state index >= 15 is 0 Å². The lowest BCUT2D eigenvalue weighted by atomic mass is 10.0. The number of nitrogens with zero attached hydrogens (tertiary/aromatic N) is 3. The number of carbonyl (C=O) groups is 1. The van der Waals surface area contributed by atoms with Gasteiger partial charge in [0, 0.05) is 24.8 Å². The highest BCUT2D eigenvalue weighted by Crippen LogP contribution is 2.31. The number of rotatable bonds is 7. The highest BCUT2D eigenvalue weighted by atomic mass is 35.5. The van der Waals surface area contributed by atoms with Gasteiger partial charge in [-0.05, 0) is 50.1 Å². The molecule has 0 radical (unpaired) electrons. The van der Waals surface area contributed by atoms with E-state index in [1.54, 1.807) is 12.1 Å².